The first-order chi connectivity index (χ1) is 8.66. The Morgan fingerprint density at radius 3 is 1.72 bits per heavy atom. The van der Waals surface area contributed by atoms with Crippen molar-refractivity contribution < 1.29 is 23.2 Å². The molecular weight excluding hydrogens is 259 g/mol. The first-order valence-corrected chi connectivity index (χ1v) is 7.14. The highest BCUT2D eigenvalue weighted by atomic mass is 31.1. The summed E-state index contributed by atoms with van der Waals surface area (Å²) in [5.41, 5.74) is 0. The maximum absolute atomic E-state index is 11.5. The van der Waals surface area contributed by atoms with E-state index in [0.717, 1.165) is 25.9 Å². The minimum atomic E-state index is -2.72. The molecule has 0 bridgehead atoms. The third-order valence-corrected chi connectivity index (χ3v) is 3.68. The zero-order chi connectivity index (χ0) is 13.0. The van der Waals surface area contributed by atoms with Crippen LogP contribution in [-0.4, -0.2) is 37.1 Å². The van der Waals surface area contributed by atoms with Crippen LogP contribution in [0.25, 0.3) is 0 Å². The van der Waals surface area contributed by atoms with Crippen LogP contribution in [0, 0.1) is 0 Å². The van der Waals surface area contributed by atoms with Crippen LogP contribution in [0.1, 0.15) is 25.7 Å². The molecular formula is C10H16N2O5P+. The van der Waals surface area contributed by atoms with Gasteiger partial charge in [0.25, 0.3) is 0 Å². The van der Waals surface area contributed by atoms with E-state index < -0.39 is 32.3 Å². The summed E-state index contributed by atoms with van der Waals surface area (Å²) in [6.45, 7) is 1.48. The van der Waals surface area contributed by atoms with Gasteiger partial charge in [-0.15, -0.1) is 0 Å². The van der Waals surface area contributed by atoms with Crippen LogP contribution in [-0.2, 0) is 23.2 Å². The molecule has 7 nitrogen and oxygen atoms in total. The fourth-order valence-electron chi connectivity index (χ4n) is 2.06. The molecule has 0 aliphatic carbocycles. The number of hydrogen-bond donors (Lipinski definition) is 2. The lowest BCUT2D eigenvalue weighted by molar-refractivity contribution is -0.139. The number of rotatable bonds is 4. The molecule has 2 atom stereocenters. The van der Waals surface area contributed by atoms with Crippen molar-refractivity contribution in [3.8, 4) is 0 Å². The molecule has 0 saturated carbocycles. The zero-order valence-corrected chi connectivity index (χ0v) is 10.8. The van der Waals surface area contributed by atoms with Gasteiger partial charge in [0.2, 0.25) is 0 Å². The van der Waals surface area contributed by atoms with Crippen LogP contribution in [0.3, 0.4) is 0 Å². The maximum atomic E-state index is 11.5. The van der Waals surface area contributed by atoms with Crippen molar-refractivity contribution >= 4 is 20.2 Å². The van der Waals surface area contributed by atoms with Crippen LogP contribution >= 0.6 is 8.25 Å². The average molecular weight is 275 g/mol. The van der Waals surface area contributed by atoms with Gasteiger partial charge in [-0.25, -0.2) is 9.59 Å². The lowest BCUT2D eigenvalue weighted by Gasteiger charge is -2.03. The second-order valence-corrected chi connectivity index (χ2v) is 5.15. The van der Waals surface area contributed by atoms with Gasteiger partial charge in [0, 0.05) is 4.57 Å². The molecule has 2 rings (SSSR count). The van der Waals surface area contributed by atoms with Crippen molar-refractivity contribution in [3.05, 3.63) is 0 Å². The summed E-state index contributed by atoms with van der Waals surface area (Å²) in [5, 5.41) is 5.83. The molecule has 100 valence electrons. The quantitative estimate of drug-likeness (QED) is 0.709. The molecule has 0 aromatic rings. The second kappa shape index (κ2) is 6.22. The number of hydrogen-bond acceptors (Lipinski definition) is 7. The van der Waals surface area contributed by atoms with Crippen LogP contribution in [0.5, 0.6) is 0 Å². The molecule has 0 radical (unpaired) electrons. The van der Waals surface area contributed by atoms with E-state index in [1.54, 1.807) is 0 Å². The fourth-order valence-corrected chi connectivity index (χ4v) is 2.65. The van der Waals surface area contributed by atoms with Crippen molar-refractivity contribution in [3.63, 3.8) is 0 Å². The highest BCUT2D eigenvalue weighted by Gasteiger charge is 2.38. The Balaban J connectivity index is 1.73. The lowest BCUT2D eigenvalue weighted by atomic mass is 10.2. The van der Waals surface area contributed by atoms with E-state index >= 15 is 0 Å². The Labute approximate surface area is 106 Å². The van der Waals surface area contributed by atoms with Crippen molar-refractivity contribution in [2.75, 3.05) is 13.1 Å². The molecule has 2 fully saturated rings. The molecule has 2 N–H and O–H groups in total. The summed E-state index contributed by atoms with van der Waals surface area (Å²) in [6.07, 6.45) is 3.06. The molecule has 18 heavy (non-hydrogen) atoms. The highest BCUT2D eigenvalue weighted by molar-refractivity contribution is 7.34. The third kappa shape index (κ3) is 3.48. The first-order valence-electron chi connectivity index (χ1n) is 6.04. The van der Waals surface area contributed by atoms with Gasteiger partial charge in [0.1, 0.15) is 12.1 Å². The monoisotopic (exact) mass is 275 g/mol. The van der Waals surface area contributed by atoms with Crippen LogP contribution in [0.15, 0.2) is 0 Å². The van der Waals surface area contributed by atoms with Crippen LogP contribution < -0.4 is 10.6 Å². The number of carbonyl (C=O) groups excluding carboxylic acids is 2. The van der Waals surface area contributed by atoms with Crippen LogP contribution in [0.4, 0.5) is 0 Å². The van der Waals surface area contributed by atoms with E-state index in [0.29, 0.717) is 12.8 Å². The van der Waals surface area contributed by atoms with E-state index in [-0.39, 0.29) is 0 Å². The molecule has 0 unspecified atom stereocenters. The smallest absolute Gasteiger partial charge is 0.304 e. The van der Waals surface area contributed by atoms with Crippen molar-refractivity contribution in [1.82, 2.24) is 10.6 Å². The Morgan fingerprint density at radius 1 is 0.944 bits per heavy atom. The summed E-state index contributed by atoms with van der Waals surface area (Å²) in [4.78, 5) is 23.0. The summed E-state index contributed by atoms with van der Waals surface area (Å²) in [6, 6.07) is -0.875. The van der Waals surface area contributed by atoms with Gasteiger partial charge < -0.3 is 10.6 Å². The molecule has 8 heteroatoms. The van der Waals surface area contributed by atoms with Crippen molar-refractivity contribution in [1.29, 1.82) is 0 Å². The standard InChI is InChI=1S/C10H16N2O5P/c13-9(7-3-1-5-11-7)16-18(15)17-10(14)8-4-2-6-12-8/h7-8,11-12H,1-6H2/q+1/t7-,8-/m0/s1. The van der Waals surface area contributed by atoms with Gasteiger partial charge >= 0.3 is 20.2 Å². The summed E-state index contributed by atoms with van der Waals surface area (Å²) in [7, 11) is -2.72. The van der Waals surface area contributed by atoms with Gasteiger partial charge in [0.05, 0.1) is 0 Å². The van der Waals surface area contributed by atoms with Gasteiger partial charge in [0.15, 0.2) is 0 Å². The Morgan fingerprint density at radius 2 is 1.39 bits per heavy atom. The topological polar surface area (TPSA) is 93.7 Å². The molecule has 2 heterocycles. The van der Waals surface area contributed by atoms with Gasteiger partial charge in [-0.2, -0.15) is 9.05 Å². The van der Waals surface area contributed by atoms with E-state index in [9.17, 15) is 14.2 Å². The second-order valence-electron chi connectivity index (χ2n) is 4.34. The largest absolute Gasteiger partial charge is 0.811 e. The molecule has 0 aromatic heterocycles. The normalized spacial score (nSPS) is 26.9. The Hall–Kier alpha value is -1.04. The predicted molar refractivity (Wildman–Crippen MR) is 61.8 cm³/mol. The SMILES string of the molecule is O=C(O[P+](=O)OC(=O)[C@@H]1CCCN1)[C@@H]1CCCN1. The van der Waals surface area contributed by atoms with Crippen molar-refractivity contribution in [2.45, 2.75) is 37.8 Å². The molecule has 0 spiro atoms. The van der Waals surface area contributed by atoms with Gasteiger partial charge in [-0.3, -0.25) is 0 Å². The lowest BCUT2D eigenvalue weighted by Crippen LogP contribution is -2.33. The number of carbonyl (C=O) groups is 2. The van der Waals surface area contributed by atoms with Crippen LogP contribution in [0.2, 0.25) is 0 Å². The fraction of sp³-hybridized carbons (Fsp3) is 0.800. The highest BCUT2D eigenvalue weighted by Crippen LogP contribution is 2.27. The van der Waals surface area contributed by atoms with Gasteiger partial charge in [-0.05, 0) is 38.8 Å². The van der Waals surface area contributed by atoms with E-state index in [2.05, 4.69) is 19.7 Å². The predicted octanol–water partition coefficient (Wildman–Crippen LogP) is 0.234. The van der Waals surface area contributed by atoms with E-state index in [4.69, 9.17) is 0 Å². The molecule has 2 aliphatic heterocycles. The summed E-state index contributed by atoms with van der Waals surface area (Å²) < 4.78 is 20.6. The average Bonchev–Trinajstić information content (AvgIpc) is 3.02. The molecule has 0 amide bonds. The zero-order valence-electron chi connectivity index (χ0n) is 9.89. The molecule has 2 saturated heterocycles. The van der Waals surface area contributed by atoms with Crippen molar-refractivity contribution in [2.24, 2.45) is 0 Å². The Bertz CT molecular complexity index is 318. The molecule has 0 aromatic carbocycles. The minimum absolute atomic E-state index is 0.438. The summed E-state index contributed by atoms with van der Waals surface area (Å²) in [5.74, 6) is -1.25. The summed E-state index contributed by atoms with van der Waals surface area (Å²) >= 11 is 0. The molecule has 2 aliphatic rings. The van der Waals surface area contributed by atoms with E-state index in [1.807, 2.05) is 0 Å². The maximum Gasteiger partial charge on any atom is 0.811 e. The van der Waals surface area contributed by atoms with E-state index in [1.165, 1.54) is 0 Å². The minimum Gasteiger partial charge on any atom is -0.304 e. The first kappa shape index (κ1) is 13.4. The third-order valence-electron chi connectivity index (χ3n) is 3.02. The van der Waals surface area contributed by atoms with Gasteiger partial charge in [-0.1, -0.05) is 0 Å². The Kier molecular flexibility index (Phi) is 4.63. The number of nitrogens with one attached hydrogen (secondary N) is 2.